The summed E-state index contributed by atoms with van der Waals surface area (Å²) in [7, 11) is 1.76. The summed E-state index contributed by atoms with van der Waals surface area (Å²) in [6, 6.07) is 18.1. The maximum Gasteiger partial charge on any atom is 0.191 e. The first kappa shape index (κ1) is 18.0. The van der Waals surface area contributed by atoms with Gasteiger partial charge in [0.2, 0.25) is 0 Å². The highest BCUT2D eigenvalue weighted by atomic mass is 35.5. The maximum atomic E-state index is 5.91. The van der Waals surface area contributed by atoms with Crippen LogP contribution in [0.5, 0.6) is 0 Å². The highest BCUT2D eigenvalue weighted by Gasteiger charge is 2.02. The molecule has 2 N–H and O–H groups in total. The van der Waals surface area contributed by atoms with Crippen LogP contribution in [0.25, 0.3) is 0 Å². The first-order chi connectivity index (χ1) is 12.7. The molecule has 0 saturated carbocycles. The van der Waals surface area contributed by atoms with E-state index in [1.54, 1.807) is 7.05 Å². The van der Waals surface area contributed by atoms with Crippen LogP contribution in [0.3, 0.4) is 0 Å². The fourth-order valence-corrected chi connectivity index (χ4v) is 2.68. The third-order valence-corrected chi connectivity index (χ3v) is 4.18. The third-order valence-electron chi connectivity index (χ3n) is 3.93. The van der Waals surface area contributed by atoms with Crippen LogP contribution in [-0.4, -0.2) is 22.8 Å². The van der Waals surface area contributed by atoms with Gasteiger partial charge in [0.25, 0.3) is 0 Å². The summed E-state index contributed by atoms with van der Waals surface area (Å²) in [5, 5.41) is 11.8. The average Bonchev–Trinajstić information content (AvgIpc) is 3.11. The minimum Gasteiger partial charge on any atom is -0.352 e. The van der Waals surface area contributed by atoms with Gasteiger partial charge in [-0.2, -0.15) is 5.10 Å². The van der Waals surface area contributed by atoms with Crippen LogP contribution in [0.2, 0.25) is 5.02 Å². The van der Waals surface area contributed by atoms with Crippen molar-refractivity contribution in [2.24, 2.45) is 4.99 Å². The van der Waals surface area contributed by atoms with Crippen molar-refractivity contribution >= 4 is 17.6 Å². The van der Waals surface area contributed by atoms with Gasteiger partial charge in [0.1, 0.15) is 0 Å². The van der Waals surface area contributed by atoms with Crippen molar-refractivity contribution in [3.63, 3.8) is 0 Å². The van der Waals surface area contributed by atoms with Gasteiger partial charge in [0, 0.05) is 36.9 Å². The van der Waals surface area contributed by atoms with E-state index in [2.05, 4.69) is 32.9 Å². The molecule has 0 aliphatic rings. The third kappa shape index (κ3) is 5.36. The maximum absolute atomic E-state index is 5.91. The van der Waals surface area contributed by atoms with Crippen LogP contribution >= 0.6 is 11.6 Å². The highest BCUT2D eigenvalue weighted by molar-refractivity contribution is 6.30. The number of hydrogen-bond donors (Lipinski definition) is 2. The molecule has 3 rings (SSSR count). The second-order valence-corrected chi connectivity index (χ2v) is 6.37. The van der Waals surface area contributed by atoms with Crippen molar-refractivity contribution < 1.29 is 0 Å². The molecule has 0 bridgehead atoms. The van der Waals surface area contributed by atoms with E-state index in [1.165, 1.54) is 5.56 Å². The van der Waals surface area contributed by atoms with E-state index < -0.39 is 0 Å². The zero-order chi connectivity index (χ0) is 18.2. The molecule has 0 fully saturated rings. The summed E-state index contributed by atoms with van der Waals surface area (Å²) in [4.78, 5) is 4.25. The number of nitrogens with zero attached hydrogens (tertiary/aromatic N) is 3. The van der Waals surface area contributed by atoms with Crippen LogP contribution in [0.4, 0.5) is 0 Å². The lowest BCUT2D eigenvalue weighted by Crippen LogP contribution is -2.36. The Balaban J connectivity index is 1.48. The van der Waals surface area contributed by atoms with Gasteiger partial charge in [-0.15, -0.1) is 0 Å². The molecule has 1 aromatic heterocycles. The number of nitrogens with one attached hydrogen (secondary N) is 2. The lowest BCUT2D eigenvalue weighted by atomic mass is 10.2. The van der Waals surface area contributed by atoms with Gasteiger partial charge in [-0.25, -0.2) is 0 Å². The Bertz CT molecular complexity index is 840. The molecule has 0 atom stereocenters. The monoisotopic (exact) mass is 367 g/mol. The van der Waals surface area contributed by atoms with E-state index >= 15 is 0 Å². The predicted octanol–water partition coefficient (Wildman–Crippen LogP) is 3.45. The topological polar surface area (TPSA) is 54.2 Å². The summed E-state index contributed by atoms with van der Waals surface area (Å²) < 4.78 is 1.94. The minimum atomic E-state index is 0.662. The number of guanidine groups is 1. The molecule has 5 nitrogen and oxygen atoms in total. The first-order valence-electron chi connectivity index (χ1n) is 8.47. The van der Waals surface area contributed by atoms with Gasteiger partial charge < -0.3 is 10.6 Å². The summed E-state index contributed by atoms with van der Waals surface area (Å²) in [5.74, 6) is 0.746. The van der Waals surface area contributed by atoms with Crippen molar-refractivity contribution in [3.8, 4) is 0 Å². The fourth-order valence-electron chi connectivity index (χ4n) is 2.55. The number of rotatable bonds is 6. The lowest BCUT2D eigenvalue weighted by Gasteiger charge is -2.11. The van der Waals surface area contributed by atoms with Gasteiger partial charge in [-0.3, -0.25) is 9.67 Å². The minimum absolute atomic E-state index is 0.662. The van der Waals surface area contributed by atoms with Crippen LogP contribution in [0.15, 0.2) is 72.0 Å². The molecular formula is C20H22ClN5. The van der Waals surface area contributed by atoms with Crippen molar-refractivity contribution in [1.82, 2.24) is 20.4 Å². The number of aliphatic imine (C=N–C) groups is 1. The molecule has 0 saturated heterocycles. The van der Waals surface area contributed by atoms with E-state index in [9.17, 15) is 0 Å². The van der Waals surface area contributed by atoms with Gasteiger partial charge in [-0.05, 0) is 23.3 Å². The first-order valence-corrected chi connectivity index (χ1v) is 8.85. The zero-order valence-electron chi connectivity index (χ0n) is 14.7. The molecule has 26 heavy (non-hydrogen) atoms. The molecule has 0 amide bonds. The smallest absolute Gasteiger partial charge is 0.191 e. The van der Waals surface area contributed by atoms with E-state index in [1.807, 2.05) is 59.5 Å². The van der Waals surface area contributed by atoms with Crippen LogP contribution in [0.1, 0.15) is 16.7 Å². The molecule has 0 radical (unpaired) electrons. The number of benzene rings is 2. The number of aromatic nitrogens is 2. The van der Waals surface area contributed by atoms with Crippen LogP contribution in [-0.2, 0) is 19.6 Å². The van der Waals surface area contributed by atoms with Crippen molar-refractivity contribution in [1.29, 1.82) is 0 Å². The largest absolute Gasteiger partial charge is 0.352 e. The van der Waals surface area contributed by atoms with E-state index in [0.717, 1.165) is 28.7 Å². The Kier molecular flexibility index (Phi) is 6.28. The van der Waals surface area contributed by atoms with Crippen LogP contribution in [0, 0.1) is 0 Å². The molecule has 6 heteroatoms. The molecule has 0 spiro atoms. The predicted molar refractivity (Wildman–Crippen MR) is 106 cm³/mol. The summed E-state index contributed by atoms with van der Waals surface area (Å²) >= 11 is 5.91. The number of halogens is 1. The van der Waals surface area contributed by atoms with Crippen molar-refractivity contribution in [3.05, 3.63) is 88.7 Å². The van der Waals surface area contributed by atoms with Crippen molar-refractivity contribution in [2.75, 3.05) is 7.05 Å². The van der Waals surface area contributed by atoms with Gasteiger partial charge >= 0.3 is 0 Å². The number of hydrogen-bond acceptors (Lipinski definition) is 2. The molecule has 0 aliphatic carbocycles. The zero-order valence-corrected chi connectivity index (χ0v) is 15.4. The molecule has 0 unspecified atom stereocenters. The Labute approximate surface area is 158 Å². The summed E-state index contributed by atoms with van der Waals surface area (Å²) in [5.41, 5.74) is 3.49. The lowest BCUT2D eigenvalue weighted by molar-refractivity contribution is 0.685. The molecule has 3 aromatic rings. The Morgan fingerprint density at radius 1 is 0.962 bits per heavy atom. The molecule has 2 aromatic carbocycles. The quantitative estimate of drug-likeness (QED) is 0.518. The molecule has 134 valence electrons. The van der Waals surface area contributed by atoms with E-state index in [0.29, 0.717) is 13.1 Å². The van der Waals surface area contributed by atoms with Crippen LogP contribution < -0.4 is 10.6 Å². The summed E-state index contributed by atoms with van der Waals surface area (Å²) in [6.07, 6.45) is 3.93. The van der Waals surface area contributed by atoms with Crippen molar-refractivity contribution in [2.45, 2.75) is 19.6 Å². The average molecular weight is 368 g/mol. The second kappa shape index (κ2) is 9.06. The standard InChI is InChI=1S/C20H22ClN5/c1-22-20(23-11-16-7-9-19(21)10-8-16)24-12-18-13-25-26(15-18)14-17-5-3-2-4-6-17/h2-10,13,15H,11-12,14H2,1H3,(H2,22,23,24). The Hall–Kier alpha value is -2.79. The van der Waals surface area contributed by atoms with Gasteiger partial charge in [0.15, 0.2) is 5.96 Å². The fraction of sp³-hybridized carbons (Fsp3) is 0.200. The SMILES string of the molecule is CN=C(NCc1ccc(Cl)cc1)NCc1cnn(Cc2ccccc2)c1. The van der Waals surface area contributed by atoms with Gasteiger partial charge in [-0.1, -0.05) is 54.1 Å². The second-order valence-electron chi connectivity index (χ2n) is 5.94. The molecule has 0 aliphatic heterocycles. The van der Waals surface area contributed by atoms with Gasteiger partial charge in [0.05, 0.1) is 12.7 Å². The Morgan fingerprint density at radius 2 is 1.65 bits per heavy atom. The molecular weight excluding hydrogens is 346 g/mol. The van der Waals surface area contributed by atoms with E-state index in [-0.39, 0.29) is 0 Å². The molecule has 1 heterocycles. The van der Waals surface area contributed by atoms with E-state index in [4.69, 9.17) is 11.6 Å². The summed E-state index contributed by atoms with van der Waals surface area (Å²) in [6.45, 7) is 2.11. The highest BCUT2D eigenvalue weighted by Crippen LogP contribution is 2.09. The Morgan fingerprint density at radius 3 is 2.35 bits per heavy atom. The normalized spacial score (nSPS) is 11.4.